The molecule has 0 bridgehead atoms. The number of hydrogen-bond donors (Lipinski definition) is 0. The van der Waals surface area contributed by atoms with Crippen molar-refractivity contribution in [3.63, 3.8) is 0 Å². The summed E-state index contributed by atoms with van der Waals surface area (Å²) in [5, 5.41) is 6.43. The Labute approximate surface area is 843 Å². The molecule has 0 atom stereocenters. The maximum absolute atomic E-state index is 9.13. The quantitative estimate of drug-likeness (QED) is 0.110. The number of aromatic nitrogens is 6. The van der Waals surface area contributed by atoms with Gasteiger partial charge in [-0.2, -0.15) is 0 Å². The zero-order valence-electron chi connectivity index (χ0n) is 85.3. The van der Waals surface area contributed by atoms with Crippen LogP contribution in [-0.2, 0) is 60.3 Å². The SMILES string of the molecule is [2H]C([2H])([2H])c1c[c-]c(-c2ccccn2)cc1.[2H]C([2H])([2H])c1ccc(-c2[c-]cccc2)nc1.[2H]C1(c2ccccc2)CCC([2H])(c2ccc(-c3[c-]ccc4c3oc3ccccc34)nc2)CC1.[2H]C1(c2ccccc2)CCC([2H])(c2ccc(-c3[c-]ccc4c3oc3ccccc34)nc2)CC1.[2H]C1(c2ccccc2)CCC([2H])(c2ccc(-c3[c-]ccc4c3oc3ccccc34)nc2)CC1.[Ir].[Ir].[Ir].[c-]1ccccc1-c1ccccn1. The molecule has 0 aliphatic heterocycles. The van der Waals surface area contributed by atoms with E-state index < -0.39 is 49.1 Å². The van der Waals surface area contributed by atoms with Gasteiger partial charge in [0.2, 0.25) is 0 Å². The fraction of sp³-hybridized carbons (Fsp3) is 0.164. The van der Waals surface area contributed by atoms with Gasteiger partial charge in [-0.3, -0.25) is 0 Å². The van der Waals surface area contributed by atoms with Crippen LogP contribution in [-0.4, -0.2) is 29.9 Å². The third-order valence-corrected chi connectivity index (χ3v) is 24.4. The Hall–Kier alpha value is -13.1. The summed E-state index contributed by atoms with van der Waals surface area (Å²) in [6, 6.07) is 132. The molecule has 9 aromatic heterocycles. The number of benzene rings is 12. The minimum Gasteiger partial charge on any atom is -0.501 e. The number of aryl methyl sites for hydroxylation is 2. The molecule has 3 saturated carbocycles. The molecule has 3 aliphatic rings. The van der Waals surface area contributed by atoms with Gasteiger partial charge in [-0.1, -0.05) is 258 Å². The van der Waals surface area contributed by atoms with Crippen LogP contribution in [0.25, 0.3) is 133 Å². The molecule has 3 aliphatic carbocycles. The molecule has 669 valence electrons. The van der Waals surface area contributed by atoms with E-state index in [1.807, 2.05) is 316 Å². The molecule has 9 nitrogen and oxygen atoms in total. The first kappa shape index (κ1) is 79.4. The van der Waals surface area contributed by atoms with Crippen molar-refractivity contribution in [3.8, 4) is 67.5 Å². The Kier molecular flexibility index (Phi) is 27.3. The van der Waals surface area contributed by atoms with Crippen molar-refractivity contribution in [1.82, 2.24) is 29.9 Å². The number of pyridine rings is 6. The van der Waals surface area contributed by atoms with Gasteiger partial charge in [0.05, 0.1) is 16.7 Å². The van der Waals surface area contributed by atoms with Crippen LogP contribution in [0.1, 0.15) is 173 Å². The van der Waals surface area contributed by atoms with Crippen LogP contribution in [0.15, 0.2) is 402 Å². The van der Waals surface area contributed by atoms with Crippen LogP contribution in [0.3, 0.4) is 0 Å². The van der Waals surface area contributed by atoms with Crippen LogP contribution in [0.4, 0.5) is 0 Å². The van der Waals surface area contributed by atoms with Crippen LogP contribution in [0.2, 0.25) is 0 Å². The van der Waals surface area contributed by atoms with Crippen molar-refractivity contribution < 1.29 is 90.0 Å². The van der Waals surface area contributed by atoms with E-state index in [4.69, 9.17) is 44.7 Å². The topological polar surface area (TPSA) is 117 Å². The van der Waals surface area contributed by atoms with Crippen molar-refractivity contribution in [3.05, 3.63) is 470 Å². The van der Waals surface area contributed by atoms with E-state index in [9.17, 15) is 0 Å². The van der Waals surface area contributed by atoms with Crippen LogP contribution >= 0.6 is 0 Å². The van der Waals surface area contributed by atoms with Gasteiger partial charge < -0.3 is 43.2 Å². The van der Waals surface area contributed by atoms with Gasteiger partial charge in [0.15, 0.2) is 0 Å². The Morgan fingerprint density at radius 1 is 0.239 bits per heavy atom. The van der Waals surface area contributed by atoms with Crippen molar-refractivity contribution in [2.45, 2.75) is 126 Å². The molecule has 3 radical (unpaired) electrons. The largest absolute Gasteiger partial charge is 0.501 e. The first-order valence-corrected chi connectivity index (χ1v) is 44.6. The van der Waals surface area contributed by atoms with Gasteiger partial charge in [0.1, 0.15) is 16.7 Å². The monoisotopic (exact) mass is 2290 g/mol. The van der Waals surface area contributed by atoms with E-state index in [0.717, 1.165) is 167 Å². The van der Waals surface area contributed by atoms with E-state index in [2.05, 4.69) is 69.5 Å². The minimum atomic E-state index is -2.09. The Morgan fingerprint density at radius 2 is 0.545 bits per heavy atom. The Balaban J connectivity index is 0.000000130. The average Bonchev–Trinajstić information content (AvgIpc) is 1.74. The predicted molar refractivity (Wildman–Crippen MR) is 534 cm³/mol. The van der Waals surface area contributed by atoms with E-state index >= 15 is 0 Å². The van der Waals surface area contributed by atoms with Gasteiger partial charge in [0, 0.05) is 130 Å². The maximum atomic E-state index is 9.13. The van der Waals surface area contributed by atoms with E-state index in [1.165, 1.54) is 12.3 Å². The molecule has 134 heavy (non-hydrogen) atoms. The molecule has 21 aromatic rings. The normalized spacial score (nSPS) is 20.8. The van der Waals surface area contributed by atoms with Crippen molar-refractivity contribution >= 4 is 65.8 Å². The predicted octanol–water partition coefficient (Wildman–Crippen LogP) is 31.9. The van der Waals surface area contributed by atoms with Gasteiger partial charge in [-0.15, -0.1) is 162 Å². The molecular formula is C122H100Ir3N6O3-6. The van der Waals surface area contributed by atoms with Gasteiger partial charge in [0.25, 0.3) is 0 Å². The minimum absolute atomic E-state index is 0. The van der Waals surface area contributed by atoms with E-state index in [-0.39, 0.29) is 65.9 Å². The second-order valence-electron chi connectivity index (χ2n) is 32.5. The first-order chi connectivity index (χ1) is 69.3. The maximum Gasteiger partial charge on any atom is 0.120 e. The zero-order valence-corrected chi connectivity index (χ0v) is 80.5. The van der Waals surface area contributed by atoms with E-state index in [1.54, 1.807) is 42.7 Å². The van der Waals surface area contributed by atoms with Crippen LogP contribution in [0, 0.1) is 50.1 Å². The van der Waals surface area contributed by atoms with Crippen molar-refractivity contribution in [1.29, 1.82) is 0 Å². The number of fused-ring (bicyclic) bond motifs is 9. The summed E-state index contributed by atoms with van der Waals surface area (Å²) in [6.45, 7) is -4.16. The summed E-state index contributed by atoms with van der Waals surface area (Å²) in [6.07, 6.45) is 18.3. The second kappa shape index (κ2) is 46.0. The fourth-order valence-corrected chi connectivity index (χ4v) is 17.5. The smallest absolute Gasteiger partial charge is 0.120 e. The molecule has 12 heteroatoms. The van der Waals surface area contributed by atoms with Gasteiger partial charge in [-0.25, -0.2) is 0 Å². The molecular weight excluding hydrogens is 2170 g/mol. The first-order valence-electron chi connectivity index (χ1n) is 50.6. The van der Waals surface area contributed by atoms with Gasteiger partial charge >= 0.3 is 0 Å². The summed E-state index contributed by atoms with van der Waals surface area (Å²) >= 11 is 0. The number of hydrogen-bond acceptors (Lipinski definition) is 9. The molecule has 0 unspecified atom stereocenters. The van der Waals surface area contributed by atoms with Crippen molar-refractivity contribution in [2.75, 3.05) is 0 Å². The number of para-hydroxylation sites is 3. The third-order valence-electron chi connectivity index (χ3n) is 24.4. The Bertz CT molecular complexity index is 7200. The summed E-state index contributed by atoms with van der Waals surface area (Å²) in [5.74, 6) is -3.94. The third kappa shape index (κ3) is 22.7. The molecule has 0 saturated heterocycles. The summed E-state index contributed by atoms with van der Waals surface area (Å²) in [4.78, 5) is 26.7. The Morgan fingerprint density at radius 3 is 0.843 bits per heavy atom. The molecule has 0 amide bonds. The molecule has 0 spiro atoms. The molecule has 9 heterocycles. The van der Waals surface area contributed by atoms with Crippen LogP contribution in [0.5, 0.6) is 0 Å². The second-order valence-corrected chi connectivity index (χ2v) is 32.5. The van der Waals surface area contributed by atoms with E-state index in [0.29, 0.717) is 82.6 Å². The number of rotatable bonds is 12. The summed E-state index contributed by atoms with van der Waals surface area (Å²) in [5.41, 5.74) is 21.5. The fourth-order valence-electron chi connectivity index (χ4n) is 17.5. The zero-order chi connectivity index (χ0) is 98.8. The summed E-state index contributed by atoms with van der Waals surface area (Å²) < 4.78 is 116. The van der Waals surface area contributed by atoms with Gasteiger partial charge in [-0.05, 0) is 223 Å². The molecule has 0 N–H and O–H groups in total. The standard InChI is InChI=1S/3C29H24NO.2C12H10N.C11H8N.3Ir/c3*1-2-7-20(8-3-1)21-13-15-22(16-14-21)23-17-18-27(30-19-23)26-11-6-10-25-24-9-4-5-12-28(24)31-29(25)26;1-10-5-7-11(8-6-10)12-4-2-3-9-13-12;1-10-7-8-12(13-9-10)11-5-3-2-4-6-11;1-2-6-10(7-3-1)11-8-4-5-9-12-11;;;/h3*1-10,12,17-19,21-22H,13-16H2;2-7,9H,1H3;2-5,7-9H,1H3;1-6,8-9H;;;/q6*-1;;;/i3*21D,22D;2*1D3;;;;. The molecule has 12 aromatic carbocycles. The molecule has 24 rings (SSSR count). The number of nitrogens with zero attached hydrogens (tertiary/aromatic N) is 6. The summed E-state index contributed by atoms with van der Waals surface area (Å²) in [7, 11) is 0. The average molecular weight is 2290 g/mol. The van der Waals surface area contributed by atoms with Crippen molar-refractivity contribution in [2.24, 2.45) is 0 Å². The molecule has 3 fully saturated rings. The van der Waals surface area contributed by atoms with Crippen LogP contribution < -0.4 is 0 Å². The number of furan rings is 3.